The molecule has 0 heterocycles. The third-order valence-corrected chi connectivity index (χ3v) is 4.10. The number of hydrogen-bond donors (Lipinski definition) is 3. The summed E-state index contributed by atoms with van der Waals surface area (Å²) in [4.78, 5) is 60.7. The van der Waals surface area contributed by atoms with E-state index >= 15 is 0 Å². The van der Waals surface area contributed by atoms with Gasteiger partial charge in [-0.15, -0.1) is 0 Å². The molecule has 2 atom stereocenters. The third kappa shape index (κ3) is 7.21. The predicted molar refractivity (Wildman–Crippen MR) is 106 cm³/mol. The molecule has 0 saturated heterocycles. The van der Waals surface area contributed by atoms with Gasteiger partial charge in [-0.2, -0.15) is 0 Å². The van der Waals surface area contributed by atoms with Crippen LogP contribution in [0.4, 0.5) is 0 Å². The molecule has 1 rings (SSSR count). The van der Waals surface area contributed by atoms with E-state index in [1.165, 1.54) is 18.1 Å². The van der Waals surface area contributed by atoms with Crippen LogP contribution in [0.3, 0.4) is 0 Å². The highest BCUT2D eigenvalue weighted by molar-refractivity contribution is 6.38. The van der Waals surface area contributed by atoms with E-state index < -0.39 is 42.1 Å². The second-order valence-corrected chi connectivity index (χ2v) is 6.22. The molecule has 3 N–H and O–H groups in total. The number of benzene rings is 1. The molecule has 0 aliphatic rings. The van der Waals surface area contributed by atoms with E-state index in [2.05, 4.69) is 22.5 Å². The number of carbonyl (C=O) groups is 5. The minimum atomic E-state index is -0.987. The Labute approximate surface area is 169 Å². The molecule has 0 aromatic heterocycles. The van der Waals surface area contributed by atoms with Crippen molar-refractivity contribution in [1.29, 1.82) is 0 Å². The van der Waals surface area contributed by atoms with Gasteiger partial charge in [-0.3, -0.25) is 24.0 Å². The monoisotopic (exact) mass is 402 g/mol. The van der Waals surface area contributed by atoms with E-state index in [-0.39, 0.29) is 0 Å². The molecule has 29 heavy (non-hydrogen) atoms. The SMILES string of the molecule is C=CN(C)C(=O)C(NC(=O)CNC(=O)C(=O)C(CCC)NC=O)c1ccccc1. The van der Waals surface area contributed by atoms with Crippen LogP contribution in [0.1, 0.15) is 31.4 Å². The molecular formula is C20H26N4O5. The lowest BCUT2D eigenvalue weighted by Crippen LogP contribution is -2.48. The van der Waals surface area contributed by atoms with Gasteiger partial charge in [0.2, 0.25) is 18.1 Å². The first-order chi connectivity index (χ1) is 13.8. The number of nitrogens with zero attached hydrogens (tertiary/aromatic N) is 1. The fourth-order valence-electron chi connectivity index (χ4n) is 2.51. The molecule has 156 valence electrons. The summed E-state index contributed by atoms with van der Waals surface area (Å²) >= 11 is 0. The standard InChI is InChI=1S/C20H26N4O5/c1-4-9-15(22-13-25)18(27)19(28)21-12-16(26)23-17(20(29)24(3)5-2)14-10-7-6-8-11-14/h5-8,10-11,13,15,17H,2,4,9,12H2,1,3H3,(H,21,28)(H,22,25)(H,23,26). The van der Waals surface area contributed by atoms with Crippen LogP contribution in [0, 0.1) is 0 Å². The Morgan fingerprint density at radius 3 is 2.38 bits per heavy atom. The third-order valence-electron chi connectivity index (χ3n) is 4.10. The summed E-state index contributed by atoms with van der Waals surface area (Å²) in [6.07, 6.45) is 2.56. The molecule has 0 spiro atoms. The lowest BCUT2D eigenvalue weighted by molar-refractivity contribution is -0.140. The van der Waals surface area contributed by atoms with Gasteiger partial charge in [0.05, 0.1) is 12.6 Å². The summed E-state index contributed by atoms with van der Waals surface area (Å²) < 4.78 is 0. The van der Waals surface area contributed by atoms with Crippen molar-refractivity contribution in [2.75, 3.05) is 13.6 Å². The van der Waals surface area contributed by atoms with Crippen LogP contribution in [-0.4, -0.2) is 54.4 Å². The normalized spacial score (nSPS) is 12.1. The molecule has 9 nitrogen and oxygen atoms in total. The Morgan fingerprint density at radius 1 is 1.17 bits per heavy atom. The van der Waals surface area contributed by atoms with Gasteiger partial charge in [-0.05, 0) is 18.2 Å². The number of rotatable bonds is 12. The van der Waals surface area contributed by atoms with Gasteiger partial charge >= 0.3 is 0 Å². The van der Waals surface area contributed by atoms with Crippen LogP contribution >= 0.6 is 0 Å². The Hall–Kier alpha value is -3.49. The zero-order valence-electron chi connectivity index (χ0n) is 16.5. The van der Waals surface area contributed by atoms with E-state index in [9.17, 15) is 24.0 Å². The van der Waals surface area contributed by atoms with Crippen molar-refractivity contribution in [2.45, 2.75) is 31.8 Å². The summed E-state index contributed by atoms with van der Waals surface area (Å²) in [7, 11) is 1.51. The van der Waals surface area contributed by atoms with E-state index in [1.54, 1.807) is 37.3 Å². The van der Waals surface area contributed by atoms with Crippen LogP contribution in [0.15, 0.2) is 43.1 Å². The molecular weight excluding hydrogens is 376 g/mol. The van der Waals surface area contributed by atoms with Crippen molar-refractivity contribution in [2.24, 2.45) is 0 Å². The lowest BCUT2D eigenvalue weighted by Gasteiger charge is -2.22. The Morgan fingerprint density at radius 2 is 1.83 bits per heavy atom. The maximum Gasteiger partial charge on any atom is 0.290 e. The van der Waals surface area contributed by atoms with Crippen LogP contribution in [0.5, 0.6) is 0 Å². The highest BCUT2D eigenvalue weighted by Crippen LogP contribution is 2.15. The van der Waals surface area contributed by atoms with Crippen LogP contribution in [-0.2, 0) is 24.0 Å². The minimum absolute atomic E-state index is 0.301. The summed E-state index contributed by atoms with van der Waals surface area (Å²) in [5.74, 6) is -2.89. The Balaban J connectivity index is 2.77. The number of likely N-dealkylation sites (N-methyl/N-ethyl adjacent to an activating group) is 1. The fraction of sp³-hybridized carbons (Fsp3) is 0.350. The number of hydrogen-bond acceptors (Lipinski definition) is 5. The highest BCUT2D eigenvalue weighted by Gasteiger charge is 2.27. The largest absolute Gasteiger partial charge is 0.348 e. The fourth-order valence-corrected chi connectivity index (χ4v) is 2.51. The van der Waals surface area contributed by atoms with E-state index in [1.807, 2.05) is 0 Å². The molecule has 9 heteroatoms. The molecule has 0 saturated carbocycles. The van der Waals surface area contributed by atoms with Crippen LogP contribution in [0.25, 0.3) is 0 Å². The van der Waals surface area contributed by atoms with Crippen molar-refractivity contribution in [3.8, 4) is 0 Å². The van der Waals surface area contributed by atoms with Crippen molar-refractivity contribution < 1.29 is 24.0 Å². The van der Waals surface area contributed by atoms with Crippen LogP contribution in [0.2, 0.25) is 0 Å². The molecule has 1 aromatic carbocycles. The quantitative estimate of drug-likeness (QED) is 0.336. The summed E-state index contributed by atoms with van der Waals surface area (Å²) in [5, 5.41) is 7.05. The van der Waals surface area contributed by atoms with Crippen molar-refractivity contribution >= 4 is 29.9 Å². The molecule has 0 radical (unpaired) electrons. The predicted octanol–water partition coefficient (Wildman–Crippen LogP) is 0.0458. The zero-order valence-corrected chi connectivity index (χ0v) is 16.5. The molecule has 1 aromatic rings. The molecule has 0 aliphatic carbocycles. The van der Waals surface area contributed by atoms with E-state index in [0.29, 0.717) is 24.8 Å². The molecule has 0 aliphatic heterocycles. The first kappa shape index (κ1) is 23.5. The second-order valence-electron chi connectivity index (χ2n) is 6.22. The topological polar surface area (TPSA) is 125 Å². The van der Waals surface area contributed by atoms with Gasteiger partial charge < -0.3 is 20.9 Å². The molecule has 4 amide bonds. The zero-order chi connectivity index (χ0) is 21.8. The molecule has 0 fully saturated rings. The summed E-state index contributed by atoms with van der Waals surface area (Å²) in [6.45, 7) is 4.83. The number of amides is 4. The molecule has 2 unspecified atom stereocenters. The minimum Gasteiger partial charge on any atom is -0.348 e. The maximum absolute atomic E-state index is 12.5. The van der Waals surface area contributed by atoms with Gasteiger partial charge in [0.15, 0.2) is 0 Å². The lowest BCUT2D eigenvalue weighted by atomic mass is 10.1. The van der Waals surface area contributed by atoms with Crippen molar-refractivity contribution in [3.63, 3.8) is 0 Å². The number of nitrogens with one attached hydrogen (secondary N) is 3. The Bertz CT molecular complexity index is 750. The van der Waals surface area contributed by atoms with Crippen molar-refractivity contribution in [1.82, 2.24) is 20.9 Å². The van der Waals surface area contributed by atoms with E-state index in [4.69, 9.17) is 0 Å². The van der Waals surface area contributed by atoms with Gasteiger partial charge in [-0.1, -0.05) is 50.3 Å². The second kappa shape index (κ2) is 12.1. The average molecular weight is 402 g/mol. The van der Waals surface area contributed by atoms with E-state index in [0.717, 1.165) is 0 Å². The van der Waals surface area contributed by atoms with Gasteiger partial charge in [0.1, 0.15) is 6.04 Å². The summed E-state index contributed by atoms with van der Waals surface area (Å²) in [5.41, 5.74) is 0.556. The number of Topliss-reactive ketones (excluding diaryl/α,β-unsaturated/α-hetero) is 1. The smallest absolute Gasteiger partial charge is 0.290 e. The van der Waals surface area contributed by atoms with Gasteiger partial charge in [0.25, 0.3) is 11.8 Å². The first-order valence-corrected chi connectivity index (χ1v) is 9.10. The van der Waals surface area contributed by atoms with Crippen LogP contribution < -0.4 is 16.0 Å². The Kier molecular flexibility index (Phi) is 9.80. The first-order valence-electron chi connectivity index (χ1n) is 9.10. The highest BCUT2D eigenvalue weighted by atomic mass is 16.2. The van der Waals surface area contributed by atoms with Gasteiger partial charge in [-0.25, -0.2) is 0 Å². The maximum atomic E-state index is 12.5. The molecule has 0 bridgehead atoms. The number of ketones is 1. The number of carbonyl (C=O) groups excluding carboxylic acids is 5. The average Bonchev–Trinajstić information content (AvgIpc) is 2.74. The summed E-state index contributed by atoms with van der Waals surface area (Å²) in [6, 6.07) is 6.67. The van der Waals surface area contributed by atoms with Gasteiger partial charge in [0, 0.05) is 7.05 Å². The van der Waals surface area contributed by atoms with Crippen molar-refractivity contribution in [3.05, 3.63) is 48.7 Å².